The van der Waals surface area contributed by atoms with Gasteiger partial charge in [-0.25, -0.2) is 0 Å². The van der Waals surface area contributed by atoms with Crippen molar-refractivity contribution in [2.75, 3.05) is 6.54 Å². The van der Waals surface area contributed by atoms with Gasteiger partial charge in [-0.05, 0) is 25.5 Å². The maximum atomic E-state index is 5.07. The Kier molecular flexibility index (Phi) is 2.47. The molecule has 2 nitrogen and oxygen atoms in total. The second-order valence-electron chi connectivity index (χ2n) is 3.41. The molecule has 1 aromatic rings. The third kappa shape index (κ3) is 1.69. The summed E-state index contributed by atoms with van der Waals surface area (Å²) in [5, 5.41) is 3.52. The second kappa shape index (κ2) is 3.76. The van der Waals surface area contributed by atoms with E-state index in [1.54, 1.807) is 6.26 Å². The Morgan fingerprint density at radius 1 is 1.33 bits per heavy atom. The predicted octanol–water partition coefficient (Wildman–Crippen LogP) is 2.48. The summed E-state index contributed by atoms with van der Waals surface area (Å²) in [6, 6.07) is 2.59. The number of nitrogens with one attached hydrogen (secondary N) is 1. The van der Waals surface area contributed by atoms with E-state index in [9.17, 15) is 0 Å². The molecular weight excluding hydrogens is 150 g/mol. The minimum atomic E-state index is 0.534. The largest absolute Gasteiger partial charge is 0.472 e. The molecular formula is C10H15NO. The van der Waals surface area contributed by atoms with Crippen molar-refractivity contribution in [1.82, 2.24) is 5.32 Å². The maximum Gasteiger partial charge on any atom is 0.0950 e. The fourth-order valence-electron chi connectivity index (χ4n) is 1.79. The number of furan rings is 1. The van der Waals surface area contributed by atoms with Crippen LogP contribution in [0.1, 0.15) is 37.3 Å². The van der Waals surface area contributed by atoms with E-state index in [0.717, 1.165) is 6.54 Å². The molecule has 0 aromatic carbocycles. The molecule has 1 unspecified atom stereocenters. The topological polar surface area (TPSA) is 25.2 Å². The Balaban J connectivity index is 2.02. The van der Waals surface area contributed by atoms with Gasteiger partial charge < -0.3 is 9.73 Å². The van der Waals surface area contributed by atoms with Gasteiger partial charge in [0.1, 0.15) is 0 Å². The van der Waals surface area contributed by atoms with Gasteiger partial charge in [-0.1, -0.05) is 12.8 Å². The van der Waals surface area contributed by atoms with Crippen molar-refractivity contribution in [2.24, 2.45) is 0 Å². The molecule has 1 N–H and O–H groups in total. The quantitative estimate of drug-likeness (QED) is 0.691. The van der Waals surface area contributed by atoms with Gasteiger partial charge in [0.2, 0.25) is 0 Å². The summed E-state index contributed by atoms with van der Waals surface area (Å²) in [5.41, 5.74) is 1.30. The molecule has 1 aromatic heterocycles. The zero-order valence-electron chi connectivity index (χ0n) is 7.25. The SMILES string of the molecule is c1cc(C2CCCCCN2)co1. The van der Waals surface area contributed by atoms with Crippen LogP contribution < -0.4 is 5.32 Å². The molecule has 0 aliphatic carbocycles. The van der Waals surface area contributed by atoms with E-state index in [1.807, 2.05) is 6.26 Å². The molecule has 0 amide bonds. The van der Waals surface area contributed by atoms with E-state index in [4.69, 9.17) is 4.42 Å². The first-order valence-electron chi connectivity index (χ1n) is 4.72. The van der Waals surface area contributed by atoms with E-state index in [0.29, 0.717) is 6.04 Å². The first kappa shape index (κ1) is 7.87. The molecule has 2 rings (SSSR count). The van der Waals surface area contributed by atoms with Crippen LogP contribution in [0.15, 0.2) is 23.0 Å². The lowest BCUT2D eigenvalue weighted by Gasteiger charge is -2.12. The lowest BCUT2D eigenvalue weighted by atomic mass is 10.1. The maximum absolute atomic E-state index is 5.07. The summed E-state index contributed by atoms with van der Waals surface area (Å²) in [5.74, 6) is 0. The van der Waals surface area contributed by atoms with Crippen LogP contribution >= 0.6 is 0 Å². The van der Waals surface area contributed by atoms with Crippen molar-refractivity contribution in [3.63, 3.8) is 0 Å². The Hall–Kier alpha value is -0.760. The van der Waals surface area contributed by atoms with Crippen LogP contribution in [-0.2, 0) is 0 Å². The highest BCUT2D eigenvalue weighted by atomic mass is 16.3. The molecule has 0 bridgehead atoms. The second-order valence-corrected chi connectivity index (χ2v) is 3.41. The first-order chi connectivity index (χ1) is 5.97. The smallest absolute Gasteiger partial charge is 0.0950 e. The Bertz CT molecular complexity index is 210. The van der Waals surface area contributed by atoms with E-state index < -0.39 is 0 Å². The van der Waals surface area contributed by atoms with Gasteiger partial charge in [0.05, 0.1) is 12.5 Å². The third-order valence-corrected chi connectivity index (χ3v) is 2.51. The van der Waals surface area contributed by atoms with Crippen LogP contribution in [0.5, 0.6) is 0 Å². The normalized spacial score (nSPS) is 25.2. The summed E-state index contributed by atoms with van der Waals surface area (Å²) in [7, 11) is 0. The Labute approximate surface area is 73.0 Å². The van der Waals surface area contributed by atoms with Crippen molar-refractivity contribution in [1.29, 1.82) is 0 Å². The average molecular weight is 165 g/mol. The molecule has 1 saturated heterocycles. The minimum Gasteiger partial charge on any atom is -0.472 e. The van der Waals surface area contributed by atoms with Crippen LogP contribution in [0.2, 0.25) is 0 Å². The number of hydrogen-bond acceptors (Lipinski definition) is 2. The molecule has 66 valence electrons. The summed E-state index contributed by atoms with van der Waals surface area (Å²) in [6.07, 6.45) is 8.86. The zero-order valence-corrected chi connectivity index (χ0v) is 7.25. The van der Waals surface area contributed by atoms with Crippen molar-refractivity contribution in [2.45, 2.75) is 31.7 Å². The summed E-state index contributed by atoms with van der Waals surface area (Å²) >= 11 is 0. The van der Waals surface area contributed by atoms with Gasteiger partial charge in [0.25, 0.3) is 0 Å². The van der Waals surface area contributed by atoms with Gasteiger partial charge in [-0.3, -0.25) is 0 Å². The summed E-state index contributed by atoms with van der Waals surface area (Å²) in [6.45, 7) is 1.15. The highest BCUT2D eigenvalue weighted by Crippen LogP contribution is 2.22. The fraction of sp³-hybridized carbons (Fsp3) is 0.600. The molecule has 2 heteroatoms. The van der Waals surface area contributed by atoms with Crippen molar-refractivity contribution in [3.05, 3.63) is 24.2 Å². The van der Waals surface area contributed by atoms with Crippen LogP contribution in [0, 0.1) is 0 Å². The van der Waals surface area contributed by atoms with Crippen LogP contribution in [0.4, 0.5) is 0 Å². The molecule has 2 heterocycles. The number of hydrogen-bond donors (Lipinski definition) is 1. The average Bonchev–Trinajstić information content (AvgIpc) is 2.48. The summed E-state index contributed by atoms with van der Waals surface area (Å²) in [4.78, 5) is 0. The summed E-state index contributed by atoms with van der Waals surface area (Å²) < 4.78 is 5.07. The number of rotatable bonds is 1. The van der Waals surface area contributed by atoms with Crippen LogP contribution in [0.25, 0.3) is 0 Å². The lowest BCUT2D eigenvalue weighted by molar-refractivity contribution is 0.515. The minimum absolute atomic E-state index is 0.534. The van der Waals surface area contributed by atoms with E-state index in [2.05, 4.69) is 11.4 Å². The van der Waals surface area contributed by atoms with Crippen molar-refractivity contribution in [3.8, 4) is 0 Å². The van der Waals surface area contributed by atoms with E-state index in [-0.39, 0.29) is 0 Å². The molecule has 0 saturated carbocycles. The molecule has 0 spiro atoms. The highest BCUT2D eigenvalue weighted by Gasteiger charge is 2.13. The van der Waals surface area contributed by atoms with Gasteiger partial charge >= 0.3 is 0 Å². The molecule has 1 fully saturated rings. The predicted molar refractivity (Wildman–Crippen MR) is 47.9 cm³/mol. The molecule has 12 heavy (non-hydrogen) atoms. The monoisotopic (exact) mass is 165 g/mol. The van der Waals surface area contributed by atoms with Crippen molar-refractivity contribution < 1.29 is 4.42 Å². The standard InChI is InChI=1S/C10H15NO/c1-2-4-10(11-6-3-1)9-5-7-12-8-9/h5,7-8,10-11H,1-4,6H2. The molecule has 1 atom stereocenters. The molecule has 0 radical (unpaired) electrons. The van der Waals surface area contributed by atoms with Crippen LogP contribution in [0.3, 0.4) is 0 Å². The van der Waals surface area contributed by atoms with Gasteiger partial charge in [0, 0.05) is 11.6 Å². The zero-order chi connectivity index (χ0) is 8.23. The van der Waals surface area contributed by atoms with Gasteiger partial charge in [-0.15, -0.1) is 0 Å². The Morgan fingerprint density at radius 3 is 3.17 bits per heavy atom. The highest BCUT2D eigenvalue weighted by molar-refractivity contribution is 5.11. The van der Waals surface area contributed by atoms with Gasteiger partial charge in [-0.2, -0.15) is 0 Å². The van der Waals surface area contributed by atoms with Crippen molar-refractivity contribution >= 4 is 0 Å². The molecule has 1 aliphatic heterocycles. The van der Waals surface area contributed by atoms with E-state index in [1.165, 1.54) is 31.2 Å². The lowest BCUT2D eigenvalue weighted by Crippen LogP contribution is -2.19. The van der Waals surface area contributed by atoms with Crippen LogP contribution in [-0.4, -0.2) is 6.54 Å². The fourth-order valence-corrected chi connectivity index (χ4v) is 1.79. The van der Waals surface area contributed by atoms with Gasteiger partial charge in [0.15, 0.2) is 0 Å². The third-order valence-electron chi connectivity index (χ3n) is 2.51. The Morgan fingerprint density at radius 2 is 2.33 bits per heavy atom. The molecule has 1 aliphatic rings. The van der Waals surface area contributed by atoms with E-state index >= 15 is 0 Å². The first-order valence-corrected chi connectivity index (χ1v) is 4.72.